The summed E-state index contributed by atoms with van der Waals surface area (Å²) in [5.74, 6) is -1.28. The molecule has 0 fully saturated rings. The highest BCUT2D eigenvalue weighted by Gasteiger charge is 2.26. The zero-order valence-corrected chi connectivity index (χ0v) is 81.0. The topological polar surface area (TPSA) is 331 Å². The van der Waals surface area contributed by atoms with E-state index in [-0.39, 0.29) is 125 Å². The second-order valence-electron chi connectivity index (χ2n) is 28.5. The Morgan fingerprint density at radius 2 is 0.864 bits per heavy atom. The number of nitrogens with zero attached hydrogens (tertiary/aromatic N) is 4. The largest absolute Gasteiger partial charge is 0.463 e. The van der Waals surface area contributed by atoms with Crippen molar-refractivity contribution >= 4 is 195 Å². The molecule has 29 heteroatoms. The fourth-order valence-electron chi connectivity index (χ4n) is 11.9. The van der Waals surface area contributed by atoms with E-state index in [1.165, 1.54) is 52.8 Å². The van der Waals surface area contributed by atoms with Gasteiger partial charge in [-0.25, -0.2) is 39.6 Å². The molecule has 0 radical (unpaired) electrons. The van der Waals surface area contributed by atoms with Gasteiger partial charge in [-0.1, -0.05) is 137 Å². The van der Waals surface area contributed by atoms with Crippen LogP contribution >= 0.6 is 100 Å². The predicted molar refractivity (Wildman–Crippen MR) is 545 cm³/mol. The van der Waals surface area contributed by atoms with Crippen LogP contribution < -0.4 is 11.5 Å². The number of nitrogen functional groups attached to an aromatic ring is 1. The number of aliphatic imine (C=N–C) groups is 1. The van der Waals surface area contributed by atoms with Crippen LogP contribution in [0.25, 0.3) is 24.3 Å². The number of carbonyl (C=O) groups is 5. The lowest BCUT2D eigenvalue weighted by molar-refractivity contribution is -0.139. The monoisotopic (exact) mass is 2090 g/mol. The van der Waals surface area contributed by atoms with Crippen LogP contribution in [0.3, 0.4) is 0 Å². The molecule has 674 valence electrons. The Hall–Kier alpha value is -8.01. The van der Waals surface area contributed by atoms with Gasteiger partial charge in [0.2, 0.25) is 5.78 Å². The summed E-state index contributed by atoms with van der Waals surface area (Å²) in [5.41, 5.74) is 34.9. The number of ketones is 2. The molecule has 4 aliphatic carbocycles. The van der Waals surface area contributed by atoms with Crippen LogP contribution in [0, 0.1) is 71.1 Å². The van der Waals surface area contributed by atoms with Crippen LogP contribution in [0.2, 0.25) is 0 Å². The highest BCUT2D eigenvalue weighted by atomic mass is 127. The molecular weight excluding hydrogens is 1960 g/mol. The van der Waals surface area contributed by atoms with E-state index in [0.29, 0.717) is 81.0 Å². The van der Waals surface area contributed by atoms with E-state index in [2.05, 4.69) is 99.9 Å². The van der Waals surface area contributed by atoms with Crippen molar-refractivity contribution in [3.63, 3.8) is 0 Å². The summed E-state index contributed by atoms with van der Waals surface area (Å²) in [6.07, 6.45) is 14.4. The lowest BCUT2D eigenvalue weighted by atomic mass is 10.0. The normalized spacial score (nSPS) is 12.5. The van der Waals surface area contributed by atoms with E-state index in [1.807, 2.05) is 152 Å². The van der Waals surface area contributed by atoms with Crippen LogP contribution in [0.4, 0.5) is 5.69 Å². The molecule has 0 atom stereocenters. The van der Waals surface area contributed by atoms with E-state index in [4.69, 9.17) is 30.9 Å². The van der Waals surface area contributed by atoms with E-state index >= 15 is 0 Å². The molecule has 4 aliphatic rings. The second-order valence-corrected chi connectivity index (χ2v) is 38.3. The third-order valence-corrected chi connectivity index (χ3v) is 23.9. The summed E-state index contributed by atoms with van der Waals surface area (Å²) in [7, 11) is -5.76. The zero-order chi connectivity index (χ0) is 86.9. The molecule has 0 saturated carbocycles. The van der Waals surface area contributed by atoms with Crippen LogP contribution in [-0.2, 0) is 124 Å². The average Bonchev–Trinajstić information content (AvgIpc) is 1.67. The molecule has 7 aromatic carbocycles. The molecule has 118 heavy (non-hydrogen) atoms. The number of nitriles is 2. The summed E-state index contributed by atoms with van der Waals surface area (Å²) in [6, 6.07) is 37.3. The highest BCUT2D eigenvalue weighted by Crippen LogP contribution is 2.35. The number of halogens is 6. The number of esters is 3. The van der Waals surface area contributed by atoms with Crippen molar-refractivity contribution in [2.45, 2.75) is 139 Å². The van der Waals surface area contributed by atoms with Gasteiger partial charge in [0.15, 0.2) is 35.3 Å². The fourth-order valence-corrected chi connectivity index (χ4v) is 16.1. The number of sulfone groups is 3. The van der Waals surface area contributed by atoms with Gasteiger partial charge in [0, 0.05) is 147 Å². The standard InChI is InChI=1S/C18H20N2O3S.C15H15NO3S.C15H18O4S.C13H16BrNO2.C13H13BrO2.C8H10BrN.C7H8BrN.ClH.HI.21H2/c1-12-5-13-6-15(18(21)17(9-19)10-20(2)3)7-14(13)8-16(12)11-24(4,22)23;1-10-5-11-6-13(15(17)3-4-16)7-12(11)8-14(10)9-20(2,18)19;1-4-19-15(16)13-6-11-5-10(2)14(8-12(11)7-13)9-20(3,17)18;1-4-17-13(16)10(3)15-8-11-6-5-9(2)12(14)7-11;1-3-16-13(15)11-5-9-4-8(2)12(14)7-10(9)6-11;1-6-2-3-7(5-10)4-8(6)9;1-5-2-3-6(9)4-7(5)8;;;;;;;;;;;;;;;;;;;;;;;/h5-6,8,10H,7,11H2,1-4H3;5-6,8H,3,7,9H2,1-2H3;5-6,8H,4,7,9H2,1-3H3;5-7H,4,8H2,1-3H3;4-5,7H,3,6H2,1-2H3;2-4H,5,10H2,1H3;2-4H,9H2,1H3;23*1H. The van der Waals surface area contributed by atoms with Crippen molar-refractivity contribution in [1.29, 1.82) is 10.5 Å². The maximum Gasteiger partial charge on any atom is 0.351 e. The predicted octanol–water partition coefficient (Wildman–Crippen LogP) is 23.3. The number of fused-ring (bicyclic) bond motifs is 4. The summed E-state index contributed by atoms with van der Waals surface area (Å²) in [4.78, 5) is 64.7. The van der Waals surface area contributed by atoms with E-state index < -0.39 is 29.5 Å². The quantitative estimate of drug-likeness (QED) is 0.0136. The van der Waals surface area contributed by atoms with Crippen molar-refractivity contribution in [2.75, 3.05) is 58.4 Å². The summed E-state index contributed by atoms with van der Waals surface area (Å²) in [6.45, 7) is 23.1. The smallest absolute Gasteiger partial charge is 0.351 e. The minimum Gasteiger partial charge on any atom is -0.463 e. The van der Waals surface area contributed by atoms with Gasteiger partial charge >= 0.3 is 17.9 Å². The molecule has 4 N–H and O–H groups in total. The van der Waals surface area contributed by atoms with Crippen LogP contribution in [-0.4, -0.2) is 118 Å². The third kappa shape index (κ3) is 33.9. The highest BCUT2D eigenvalue weighted by molar-refractivity contribution is 14.0. The molecule has 0 aliphatic heterocycles. The van der Waals surface area contributed by atoms with E-state index in [1.54, 1.807) is 51.9 Å². The number of hydrogen-bond acceptors (Lipinski definition) is 20. The van der Waals surface area contributed by atoms with Gasteiger partial charge < -0.3 is 30.6 Å². The Morgan fingerprint density at radius 3 is 1.24 bits per heavy atom. The first-order valence-corrected chi connectivity index (χ1v) is 46.1. The number of allylic oxidation sites excluding steroid dienone is 3. The minimum absolute atomic E-state index is 0. The Bertz CT molecular complexity index is 5660. The zero-order valence-electron chi connectivity index (χ0n) is 69.1. The lowest BCUT2D eigenvalue weighted by Crippen LogP contribution is -2.14. The molecule has 0 bridgehead atoms. The van der Waals surface area contributed by atoms with E-state index in [9.17, 15) is 54.5 Å². The number of benzene rings is 7. The summed E-state index contributed by atoms with van der Waals surface area (Å²) < 4.78 is 87.9. The number of anilines is 1. The third-order valence-electron chi connectivity index (χ3n) is 18.0. The van der Waals surface area contributed by atoms with Gasteiger partial charge in [-0.3, -0.25) is 14.6 Å². The Morgan fingerprint density at radius 1 is 0.508 bits per heavy atom. The maximum absolute atomic E-state index is 12.5. The molecule has 0 amide bonds. The molecule has 7 aromatic rings. The van der Waals surface area contributed by atoms with Gasteiger partial charge in [-0.15, -0.1) is 36.4 Å². The van der Waals surface area contributed by atoms with Crippen LogP contribution in [0.5, 0.6) is 0 Å². The molecule has 0 heterocycles. The average molecular weight is 2100 g/mol. The Balaban J connectivity index is -0.0000000702. The lowest BCUT2D eigenvalue weighted by Gasteiger charge is -2.08. The molecule has 0 spiro atoms. The van der Waals surface area contributed by atoms with Gasteiger partial charge in [-0.2, -0.15) is 10.5 Å². The Labute approximate surface area is 784 Å². The van der Waals surface area contributed by atoms with Gasteiger partial charge in [0.1, 0.15) is 17.4 Å². The SMILES string of the molecule is CCOC(=O)C(C)=NCc1ccc(C)c(Br)c1.CCOC(=O)C1=Cc2cc(C)c(Br)cc2C1.CCOC(=O)C1=Cc2cc(C)c(CS(C)(=O)=O)cc2C1.Cc1cc2c(cc1CS(C)(=O)=O)CC(C(=O)C(C#N)=CN(C)C)=C2.Cc1cc2c(cc1CS(C)(=O)=O)CC(C(=O)CC#N)=C2.Cc1ccc(CN)cc1Br.Cc1ccc(N)cc1Br.Cl.I.[HH].[HH].[HH].[HH].[HH].[HH].[HH].[HH].[HH].[HH].[HH].[HH].[HH].[HH].[HH].[HH].[HH].[HH].[HH].[HH].[HH]. The molecule has 0 saturated heterocycles. The molecule has 0 aromatic heterocycles. The number of nitrogens with two attached hydrogens (primary N) is 2. The number of rotatable bonds is 20. The van der Waals surface area contributed by atoms with Crippen molar-refractivity contribution in [3.8, 4) is 12.1 Å². The molecular formula is C89H144Br4ClIN6O14S3. The van der Waals surface area contributed by atoms with Crippen molar-refractivity contribution in [3.05, 3.63) is 266 Å². The number of carbonyl (C=O) groups excluding carboxylic acids is 5. The van der Waals surface area contributed by atoms with Gasteiger partial charge in [0.25, 0.3) is 0 Å². The molecule has 11 rings (SSSR count). The maximum atomic E-state index is 12.5. The molecule has 20 nitrogen and oxygen atoms in total. The number of hydrogen-bond donors (Lipinski definition) is 2. The number of Topliss-reactive ketones (excluding diaryl/α,β-unsaturated/α-hetero) is 2. The first-order chi connectivity index (χ1) is 54.3. The van der Waals surface area contributed by atoms with Crippen molar-refractivity contribution in [2.24, 2.45) is 10.7 Å². The fraction of sp³-hybridized carbons (Fsp3) is 0.326. The number of aryl methyl sites for hydroxylation is 7. The van der Waals surface area contributed by atoms with Crippen LogP contribution in [0.1, 0.15) is 175 Å². The van der Waals surface area contributed by atoms with Crippen molar-refractivity contribution in [1.82, 2.24) is 4.90 Å². The summed E-state index contributed by atoms with van der Waals surface area (Å²) in [5, 5.41) is 17.7. The van der Waals surface area contributed by atoms with Gasteiger partial charge in [0.05, 0.1) is 56.1 Å². The first-order valence-electron chi connectivity index (χ1n) is 36.8. The Kier molecular flexibility index (Phi) is 42.8. The first kappa shape index (κ1) is 104. The summed E-state index contributed by atoms with van der Waals surface area (Å²) >= 11 is 13.8. The number of ether oxygens (including phenoxy) is 3. The van der Waals surface area contributed by atoms with E-state index in [0.717, 1.165) is 113 Å². The second kappa shape index (κ2) is 48.4. The van der Waals surface area contributed by atoms with Gasteiger partial charge in [-0.05, 0) is 242 Å². The van der Waals surface area contributed by atoms with Crippen molar-refractivity contribution < 1.29 is 93.4 Å². The molecule has 0 unspecified atom stereocenters. The minimum atomic E-state index is -3.12. The van der Waals surface area contributed by atoms with Crippen LogP contribution in [0.15, 0.2) is 160 Å².